The van der Waals surface area contributed by atoms with Crippen LogP contribution < -0.4 is 0 Å². The quantitative estimate of drug-likeness (QED) is 0.855. The monoisotopic (exact) mass is 331 g/mol. The van der Waals surface area contributed by atoms with Crippen molar-refractivity contribution in [2.75, 3.05) is 19.7 Å². The van der Waals surface area contributed by atoms with Crippen molar-refractivity contribution < 1.29 is 24.2 Å². The van der Waals surface area contributed by atoms with Crippen molar-refractivity contribution in [2.45, 2.75) is 31.2 Å². The molecule has 3 aliphatic heterocycles. The van der Waals surface area contributed by atoms with Crippen molar-refractivity contribution in [3.8, 4) is 0 Å². The SMILES string of the molecule is CCOC(=O)N1CC2CC3(C(=O)c4ccccc4)CC(C1)C2(O)O3. The van der Waals surface area contributed by atoms with Gasteiger partial charge in [-0.3, -0.25) is 4.79 Å². The molecule has 3 heterocycles. The zero-order valence-electron chi connectivity index (χ0n) is 13.6. The van der Waals surface area contributed by atoms with Gasteiger partial charge in [-0.25, -0.2) is 4.79 Å². The number of fused-ring (bicyclic) bond motifs is 1. The van der Waals surface area contributed by atoms with E-state index in [1.807, 2.05) is 18.2 Å². The molecule has 3 saturated heterocycles. The first-order chi connectivity index (χ1) is 11.5. The lowest BCUT2D eigenvalue weighted by atomic mass is 9.68. The fourth-order valence-corrected chi connectivity index (χ4v) is 4.51. The molecule has 0 aromatic heterocycles. The Morgan fingerprint density at radius 2 is 1.88 bits per heavy atom. The maximum absolute atomic E-state index is 13.0. The van der Waals surface area contributed by atoms with E-state index < -0.39 is 11.4 Å². The lowest BCUT2D eigenvalue weighted by Crippen LogP contribution is -2.58. The number of nitrogens with zero attached hydrogens (tertiary/aromatic N) is 1. The average molecular weight is 331 g/mol. The smallest absolute Gasteiger partial charge is 0.409 e. The second kappa shape index (κ2) is 5.29. The summed E-state index contributed by atoms with van der Waals surface area (Å²) in [5.74, 6) is -1.91. The Balaban J connectivity index is 1.58. The van der Waals surface area contributed by atoms with Crippen LogP contribution in [0.3, 0.4) is 0 Å². The first-order valence-electron chi connectivity index (χ1n) is 8.42. The summed E-state index contributed by atoms with van der Waals surface area (Å²) in [5, 5.41) is 11.0. The Kier molecular flexibility index (Phi) is 3.44. The molecule has 24 heavy (non-hydrogen) atoms. The number of piperidine rings is 1. The summed E-state index contributed by atoms with van der Waals surface area (Å²) in [7, 11) is 0. The Bertz CT molecular complexity index is 657. The molecule has 4 rings (SSSR count). The van der Waals surface area contributed by atoms with E-state index in [0.29, 0.717) is 38.1 Å². The van der Waals surface area contributed by atoms with Gasteiger partial charge in [-0.15, -0.1) is 0 Å². The number of likely N-dealkylation sites (tertiary alicyclic amines) is 1. The number of Topliss-reactive ketones (excluding diaryl/α,β-unsaturated/α-hetero) is 1. The lowest BCUT2D eigenvalue weighted by Gasteiger charge is -2.44. The van der Waals surface area contributed by atoms with Crippen LogP contribution in [0.25, 0.3) is 0 Å². The predicted molar refractivity (Wildman–Crippen MR) is 84.3 cm³/mol. The molecule has 6 heteroatoms. The van der Waals surface area contributed by atoms with E-state index in [0.717, 1.165) is 0 Å². The summed E-state index contributed by atoms with van der Waals surface area (Å²) in [5.41, 5.74) is -0.365. The van der Waals surface area contributed by atoms with Crippen molar-refractivity contribution in [2.24, 2.45) is 11.8 Å². The van der Waals surface area contributed by atoms with Gasteiger partial charge < -0.3 is 19.5 Å². The summed E-state index contributed by atoms with van der Waals surface area (Å²) < 4.78 is 11.0. The van der Waals surface area contributed by atoms with Gasteiger partial charge in [0.05, 0.1) is 6.61 Å². The topological polar surface area (TPSA) is 76.1 Å². The summed E-state index contributed by atoms with van der Waals surface area (Å²) in [4.78, 5) is 26.6. The highest BCUT2D eigenvalue weighted by molar-refractivity contribution is 6.03. The van der Waals surface area contributed by atoms with Crippen LogP contribution in [0.2, 0.25) is 0 Å². The molecule has 2 unspecified atom stereocenters. The maximum Gasteiger partial charge on any atom is 0.409 e. The van der Waals surface area contributed by atoms with Crippen LogP contribution in [-0.2, 0) is 9.47 Å². The normalized spacial score (nSPS) is 36.7. The van der Waals surface area contributed by atoms with E-state index in [1.54, 1.807) is 24.0 Å². The van der Waals surface area contributed by atoms with Crippen LogP contribution >= 0.6 is 0 Å². The number of hydrogen-bond acceptors (Lipinski definition) is 5. The van der Waals surface area contributed by atoms with E-state index in [2.05, 4.69) is 0 Å². The largest absolute Gasteiger partial charge is 0.450 e. The van der Waals surface area contributed by atoms with Gasteiger partial charge in [0.25, 0.3) is 0 Å². The summed E-state index contributed by atoms with van der Waals surface area (Å²) in [6, 6.07) is 9.06. The molecule has 1 N–H and O–H groups in total. The highest BCUT2D eigenvalue weighted by Crippen LogP contribution is 2.59. The number of benzene rings is 1. The van der Waals surface area contributed by atoms with Crippen molar-refractivity contribution >= 4 is 11.9 Å². The van der Waals surface area contributed by atoms with Crippen LogP contribution in [0.4, 0.5) is 4.79 Å². The van der Waals surface area contributed by atoms with Gasteiger partial charge in [0.15, 0.2) is 11.6 Å². The molecular formula is C18H21NO5. The summed E-state index contributed by atoms with van der Waals surface area (Å²) in [6.07, 6.45) is 0.506. The number of aliphatic hydroxyl groups is 1. The van der Waals surface area contributed by atoms with Gasteiger partial charge in [-0.2, -0.15) is 0 Å². The van der Waals surface area contributed by atoms with Crippen LogP contribution in [0.5, 0.6) is 0 Å². The standard InChI is InChI=1S/C18H21NO5/c1-2-23-16(21)19-10-13-8-17(9-14(11-19)18(13,22)24-17)15(20)12-6-4-3-5-7-12/h3-7,13-14,22H,2,8-11H2,1H3. The minimum atomic E-state index is -1.31. The summed E-state index contributed by atoms with van der Waals surface area (Å²) in [6.45, 7) is 2.80. The Morgan fingerprint density at radius 1 is 1.25 bits per heavy atom. The van der Waals surface area contributed by atoms with Crippen LogP contribution in [-0.4, -0.2) is 53.0 Å². The molecule has 3 aliphatic rings. The number of hydrogen-bond donors (Lipinski definition) is 1. The van der Waals surface area contributed by atoms with E-state index in [4.69, 9.17) is 9.47 Å². The second-order valence-corrected chi connectivity index (χ2v) is 6.95. The molecular weight excluding hydrogens is 310 g/mol. The third-order valence-corrected chi connectivity index (χ3v) is 5.54. The minimum absolute atomic E-state index is 0.0730. The number of ketones is 1. The van der Waals surface area contributed by atoms with Crippen LogP contribution in [0.1, 0.15) is 30.1 Å². The Morgan fingerprint density at radius 3 is 2.46 bits per heavy atom. The zero-order valence-corrected chi connectivity index (χ0v) is 13.6. The Hall–Kier alpha value is -1.92. The number of amides is 1. The van der Waals surface area contributed by atoms with Crippen molar-refractivity contribution in [1.82, 2.24) is 4.90 Å². The molecule has 3 fully saturated rings. The van der Waals surface area contributed by atoms with E-state index in [1.165, 1.54) is 0 Å². The third kappa shape index (κ3) is 2.09. The van der Waals surface area contributed by atoms with Gasteiger partial charge in [0.2, 0.25) is 0 Å². The first kappa shape index (κ1) is 15.6. The number of carbonyl (C=O) groups excluding carboxylic acids is 2. The second-order valence-electron chi connectivity index (χ2n) is 6.95. The third-order valence-electron chi connectivity index (χ3n) is 5.54. The van der Waals surface area contributed by atoms with Gasteiger partial charge in [0, 0.05) is 30.5 Å². The molecule has 1 aromatic carbocycles. The van der Waals surface area contributed by atoms with E-state index >= 15 is 0 Å². The van der Waals surface area contributed by atoms with Gasteiger partial charge >= 0.3 is 6.09 Å². The predicted octanol–water partition coefficient (Wildman–Crippen LogP) is 1.83. The number of rotatable bonds is 3. The van der Waals surface area contributed by atoms with Crippen molar-refractivity contribution in [3.63, 3.8) is 0 Å². The van der Waals surface area contributed by atoms with Crippen molar-refractivity contribution in [1.29, 1.82) is 0 Å². The molecule has 0 saturated carbocycles. The van der Waals surface area contributed by atoms with Crippen LogP contribution in [0, 0.1) is 11.8 Å². The molecule has 2 atom stereocenters. The molecule has 0 radical (unpaired) electrons. The highest BCUT2D eigenvalue weighted by Gasteiger charge is 2.70. The van der Waals surface area contributed by atoms with E-state index in [9.17, 15) is 14.7 Å². The molecule has 6 nitrogen and oxygen atoms in total. The average Bonchev–Trinajstić information content (AvgIpc) is 3.04. The molecule has 0 aliphatic carbocycles. The molecule has 1 amide bonds. The van der Waals surface area contributed by atoms with Crippen molar-refractivity contribution in [3.05, 3.63) is 35.9 Å². The molecule has 1 aromatic rings. The van der Waals surface area contributed by atoms with E-state index in [-0.39, 0.29) is 23.7 Å². The fourth-order valence-electron chi connectivity index (χ4n) is 4.51. The minimum Gasteiger partial charge on any atom is -0.450 e. The number of carbonyl (C=O) groups is 2. The molecule has 128 valence electrons. The first-order valence-corrected chi connectivity index (χ1v) is 8.42. The number of ether oxygens (including phenoxy) is 2. The highest BCUT2D eigenvalue weighted by atomic mass is 16.7. The zero-order chi connectivity index (χ0) is 16.9. The molecule has 2 bridgehead atoms. The fraction of sp³-hybridized carbons (Fsp3) is 0.556. The van der Waals surface area contributed by atoms with Gasteiger partial charge in [-0.05, 0) is 19.8 Å². The lowest BCUT2D eigenvalue weighted by molar-refractivity contribution is -0.228. The Labute approximate surface area is 140 Å². The van der Waals surface area contributed by atoms with Gasteiger partial charge in [0.1, 0.15) is 5.60 Å². The summed E-state index contributed by atoms with van der Waals surface area (Å²) >= 11 is 0. The maximum atomic E-state index is 13.0. The van der Waals surface area contributed by atoms with Crippen LogP contribution in [0.15, 0.2) is 30.3 Å². The molecule has 0 spiro atoms. The van der Waals surface area contributed by atoms with Gasteiger partial charge in [-0.1, -0.05) is 30.3 Å².